The van der Waals surface area contributed by atoms with E-state index in [0.29, 0.717) is 35.2 Å². The number of fused-ring (bicyclic) bond motifs is 3. The first-order valence-electron chi connectivity index (χ1n) is 9.60. The minimum absolute atomic E-state index is 0.0829. The van der Waals surface area contributed by atoms with Crippen LogP contribution in [0.1, 0.15) is 54.1 Å². The third-order valence-electron chi connectivity index (χ3n) is 6.05. The van der Waals surface area contributed by atoms with Crippen molar-refractivity contribution in [3.05, 3.63) is 76.6 Å². The Morgan fingerprint density at radius 1 is 0.964 bits per heavy atom. The zero-order valence-corrected chi connectivity index (χ0v) is 15.8. The topological polar surface area (TPSA) is 46.5 Å². The van der Waals surface area contributed by atoms with Gasteiger partial charge in [0.1, 0.15) is 11.6 Å². The van der Waals surface area contributed by atoms with Crippen molar-refractivity contribution in [2.24, 2.45) is 16.3 Å². The van der Waals surface area contributed by atoms with E-state index in [0.717, 1.165) is 11.3 Å². The van der Waals surface area contributed by atoms with Crippen LogP contribution >= 0.6 is 0 Å². The van der Waals surface area contributed by atoms with E-state index in [9.17, 15) is 14.0 Å². The van der Waals surface area contributed by atoms with Crippen LogP contribution in [0.3, 0.4) is 0 Å². The SMILES string of the molecule is CC1(C)CC(=O)C2C(=NC3=C(C(=O)c4ccccc43)[C@H]2c2cccc(F)c2)C1. The van der Waals surface area contributed by atoms with Crippen LogP contribution in [-0.4, -0.2) is 17.3 Å². The Morgan fingerprint density at radius 2 is 1.71 bits per heavy atom. The van der Waals surface area contributed by atoms with Gasteiger partial charge in [-0.25, -0.2) is 4.39 Å². The Balaban J connectivity index is 1.77. The van der Waals surface area contributed by atoms with E-state index in [1.54, 1.807) is 12.1 Å². The molecule has 1 fully saturated rings. The smallest absolute Gasteiger partial charge is 0.192 e. The largest absolute Gasteiger partial charge is 0.299 e. The highest BCUT2D eigenvalue weighted by Gasteiger charge is 2.50. The number of carbonyl (C=O) groups excluding carboxylic acids is 2. The summed E-state index contributed by atoms with van der Waals surface area (Å²) in [5.41, 5.74) is 3.94. The Kier molecular flexibility index (Phi) is 3.57. The summed E-state index contributed by atoms with van der Waals surface area (Å²) >= 11 is 0. The van der Waals surface area contributed by atoms with Gasteiger partial charge in [0, 0.05) is 34.8 Å². The van der Waals surface area contributed by atoms with Crippen LogP contribution in [0.25, 0.3) is 5.70 Å². The summed E-state index contributed by atoms with van der Waals surface area (Å²) in [7, 11) is 0. The van der Waals surface area contributed by atoms with E-state index in [-0.39, 0.29) is 22.8 Å². The Bertz CT molecular complexity index is 1110. The fourth-order valence-corrected chi connectivity index (χ4v) is 4.98. The van der Waals surface area contributed by atoms with Gasteiger partial charge in [-0.1, -0.05) is 50.2 Å². The van der Waals surface area contributed by atoms with Crippen molar-refractivity contribution in [2.45, 2.75) is 32.6 Å². The van der Waals surface area contributed by atoms with Gasteiger partial charge in [-0.3, -0.25) is 14.6 Å². The first-order chi connectivity index (χ1) is 13.4. The van der Waals surface area contributed by atoms with E-state index in [2.05, 4.69) is 13.8 Å². The number of allylic oxidation sites excluding steroid dienone is 1. The monoisotopic (exact) mass is 373 g/mol. The number of aliphatic imine (C=N–C) groups is 1. The zero-order valence-electron chi connectivity index (χ0n) is 15.8. The molecule has 0 bridgehead atoms. The molecule has 1 unspecified atom stereocenters. The van der Waals surface area contributed by atoms with Crippen LogP contribution in [0.5, 0.6) is 0 Å². The average molecular weight is 373 g/mol. The van der Waals surface area contributed by atoms with E-state index in [1.807, 2.05) is 24.3 Å². The fraction of sp³-hybridized carbons (Fsp3) is 0.292. The molecule has 3 nitrogen and oxygen atoms in total. The normalized spacial score (nSPS) is 25.2. The van der Waals surface area contributed by atoms with Crippen LogP contribution in [0.4, 0.5) is 4.39 Å². The van der Waals surface area contributed by atoms with Crippen LogP contribution in [0.15, 0.2) is 59.1 Å². The highest BCUT2D eigenvalue weighted by atomic mass is 19.1. The number of carbonyl (C=O) groups is 2. The summed E-state index contributed by atoms with van der Waals surface area (Å²) in [5.74, 6) is -1.36. The molecular weight excluding hydrogens is 353 g/mol. The average Bonchev–Trinajstić information content (AvgIpc) is 2.92. The molecule has 3 aliphatic rings. The number of nitrogens with zero attached hydrogens (tertiary/aromatic N) is 1. The van der Waals surface area contributed by atoms with Gasteiger partial charge in [-0.15, -0.1) is 0 Å². The second-order valence-corrected chi connectivity index (χ2v) is 8.73. The van der Waals surface area contributed by atoms with Gasteiger partial charge in [0.25, 0.3) is 0 Å². The lowest BCUT2D eigenvalue weighted by Crippen LogP contribution is -2.43. The molecule has 0 aromatic heterocycles. The molecule has 5 rings (SSSR count). The molecule has 2 aliphatic carbocycles. The molecule has 1 heterocycles. The number of rotatable bonds is 1. The number of benzene rings is 2. The fourth-order valence-electron chi connectivity index (χ4n) is 4.98. The van der Waals surface area contributed by atoms with E-state index >= 15 is 0 Å². The van der Waals surface area contributed by atoms with Crippen molar-refractivity contribution in [3.63, 3.8) is 0 Å². The van der Waals surface area contributed by atoms with Crippen molar-refractivity contribution >= 4 is 23.0 Å². The Hall–Kier alpha value is -2.88. The van der Waals surface area contributed by atoms with Gasteiger partial charge >= 0.3 is 0 Å². The molecule has 140 valence electrons. The second-order valence-electron chi connectivity index (χ2n) is 8.73. The Morgan fingerprint density at radius 3 is 2.46 bits per heavy atom. The van der Waals surface area contributed by atoms with Crippen molar-refractivity contribution in [3.8, 4) is 0 Å². The number of hydrogen-bond donors (Lipinski definition) is 0. The van der Waals surface area contributed by atoms with Crippen molar-refractivity contribution < 1.29 is 14.0 Å². The molecule has 2 atom stereocenters. The summed E-state index contributed by atoms with van der Waals surface area (Å²) in [5, 5.41) is 0. The maximum absolute atomic E-state index is 14.1. The van der Waals surface area contributed by atoms with E-state index in [4.69, 9.17) is 4.99 Å². The minimum atomic E-state index is -0.494. The van der Waals surface area contributed by atoms with Gasteiger partial charge < -0.3 is 0 Å². The van der Waals surface area contributed by atoms with Gasteiger partial charge in [-0.05, 0) is 29.5 Å². The lowest BCUT2D eigenvalue weighted by atomic mass is 9.63. The van der Waals surface area contributed by atoms with Gasteiger partial charge in [0.2, 0.25) is 0 Å². The predicted molar refractivity (Wildman–Crippen MR) is 106 cm³/mol. The molecule has 28 heavy (non-hydrogen) atoms. The van der Waals surface area contributed by atoms with E-state index in [1.165, 1.54) is 12.1 Å². The lowest BCUT2D eigenvalue weighted by Gasteiger charge is -2.40. The summed E-state index contributed by atoms with van der Waals surface area (Å²) < 4.78 is 14.1. The molecular formula is C24H20FNO2. The Labute approximate surface area is 163 Å². The lowest BCUT2D eigenvalue weighted by molar-refractivity contribution is -0.124. The second kappa shape index (κ2) is 5.81. The van der Waals surface area contributed by atoms with Crippen LogP contribution in [0.2, 0.25) is 0 Å². The zero-order chi connectivity index (χ0) is 19.6. The third-order valence-corrected chi connectivity index (χ3v) is 6.05. The molecule has 0 amide bonds. The molecule has 2 aromatic carbocycles. The van der Waals surface area contributed by atoms with Gasteiger partial charge in [0.15, 0.2) is 5.78 Å². The molecule has 2 aromatic rings. The van der Waals surface area contributed by atoms with Crippen molar-refractivity contribution in [1.82, 2.24) is 0 Å². The maximum Gasteiger partial charge on any atom is 0.192 e. The number of Topliss-reactive ketones (excluding diaryl/α,β-unsaturated/α-hetero) is 2. The number of hydrogen-bond acceptors (Lipinski definition) is 3. The molecule has 0 N–H and O–H groups in total. The third kappa shape index (κ3) is 2.44. The molecule has 0 radical (unpaired) electrons. The first-order valence-corrected chi connectivity index (χ1v) is 9.60. The number of ketones is 2. The summed E-state index contributed by atoms with van der Waals surface area (Å²) in [6.07, 6.45) is 1.13. The van der Waals surface area contributed by atoms with Crippen molar-refractivity contribution in [2.75, 3.05) is 0 Å². The summed E-state index contributed by atoms with van der Waals surface area (Å²) in [4.78, 5) is 31.3. The molecule has 4 heteroatoms. The number of halogens is 1. The van der Waals surface area contributed by atoms with Crippen LogP contribution in [-0.2, 0) is 4.79 Å². The van der Waals surface area contributed by atoms with Crippen LogP contribution in [0, 0.1) is 17.2 Å². The molecule has 1 aliphatic heterocycles. The molecule has 1 saturated carbocycles. The maximum atomic E-state index is 14.1. The minimum Gasteiger partial charge on any atom is -0.299 e. The van der Waals surface area contributed by atoms with Gasteiger partial charge in [0.05, 0.1) is 11.6 Å². The summed E-state index contributed by atoms with van der Waals surface area (Å²) in [6, 6.07) is 13.7. The standard InChI is InChI=1S/C24H20FNO2/c1-24(2)11-17-20(18(27)12-24)19(13-6-5-7-14(25)10-13)21-22(26-17)15-8-3-4-9-16(15)23(21)28/h3-10,19-20H,11-12H2,1-2H3/t19-,20?/m0/s1. The first kappa shape index (κ1) is 17.2. The van der Waals surface area contributed by atoms with Gasteiger partial charge in [-0.2, -0.15) is 0 Å². The van der Waals surface area contributed by atoms with Crippen molar-refractivity contribution in [1.29, 1.82) is 0 Å². The predicted octanol–water partition coefficient (Wildman–Crippen LogP) is 4.98. The summed E-state index contributed by atoms with van der Waals surface area (Å²) in [6.45, 7) is 4.14. The van der Waals surface area contributed by atoms with E-state index < -0.39 is 11.8 Å². The highest BCUT2D eigenvalue weighted by molar-refractivity contribution is 6.25. The highest BCUT2D eigenvalue weighted by Crippen LogP contribution is 2.51. The quantitative estimate of drug-likeness (QED) is 0.708. The molecule has 0 spiro atoms. The van der Waals surface area contributed by atoms with Crippen LogP contribution < -0.4 is 0 Å². The molecule has 0 saturated heterocycles.